The number of anilines is 1. The van der Waals surface area contributed by atoms with Gasteiger partial charge in [-0.2, -0.15) is 0 Å². The lowest BCUT2D eigenvalue weighted by Crippen LogP contribution is -2.26. The van der Waals surface area contributed by atoms with Gasteiger partial charge >= 0.3 is 0 Å². The minimum atomic E-state index is 0. The molecule has 0 spiro atoms. The van der Waals surface area contributed by atoms with Crippen LogP contribution >= 0.6 is 12.4 Å². The lowest BCUT2D eigenvalue weighted by molar-refractivity contribution is 0.0949. The standard InChI is InChI=1S/C13H18N2O.ClH/c1-2-3-10-8-12(10)15-13(16)9-4-6-11(14)7-5-9;/h4-7,10,12H,2-3,8,14H2,1H3,(H,15,16);1H. The number of rotatable bonds is 4. The third-order valence-electron chi connectivity index (χ3n) is 3.07. The predicted octanol–water partition coefficient (Wildman–Crippen LogP) is 2.61. The molecule has 0 aromatic heterocycles. The summed E-state index contributed by atoms with van der Waals surface area (Å²) in [4.78, 5) is 11.8. The zero-order valence-electron chi connectivity index (χ0n) is 9.98. The van der Waals surface area contributed by atoms with Gasteiger partial charge in [0.2, 0.25) is 0 Å². The zero-order valence-corrected chi connectivity index (χ0v) is 10.8. The molecule has 94 valence electrons. The summed E-state index contributed by atoms with van der Waals surface area (Å²) >= 11 is 0. The Hall–Kier alpha value is -1.22. The number of amides is 1. The summed E-state index contributed by atoms with van der Waals surface area (Å²) in [5.41, 5.74) is 6.95. The molecule has 17 heavy (non-hydrogen) atoms. The number of nitrogens with two attached hydrogens (primary N) is 1. The predicted molar refractivity (Wildman–Crippen MR) is 72.4 cm³/mol. The van der Waals surface area contributed by atoms with Gasteiger partial charge in [-0.1, -0.05) is 13.3 Å². The Balaban J connectivity index is 0.00000144. The first kappa shape index (κ1) is 13.8. The van der Waals surface area contributed by atoms with Crippen LogP contribution in [0.25, 0.3) is 0 Å². The van der Waals surface area contributed by atoms with Crippen molar-refractivity contribution in [3.8, 4) is 0 Å². The molecule has 0 heterocycles. The number of halogens is 1. The molecule has 0 bridgehead atoms. The number of hydrogen-bond donors (Lipinski definition) is 2. The van der Waals surface area contributed by atoms with Crippen molar-refractivity contribution in [2.45, 2.75) is 32.2 Å². The van der Waals surface area contributed by atoms with Gasteiger partial charge in [-0.05, 0) is 43.0 Å². The molecule has 1 aromatic rings. The second kappa shape index (κ2) is 5.92. The molecule has 0 radical (unpaired) electrons. The lowest BCUT2D eigenvalue weighted by Gasteiger charge is -2.04. The van der Waals surface area contributed by atoms with Gasteiger partial charge in [0.1, 0.15) is 0 Å². The molecule has 3 N–H and O–H groups in total. The first-order valence-electron chi connectivity index (χ1n) is 5.87. The molecular formula is C13H19ClN2O. The van der Waals surface area contributed by atoms with Gasteiger partial charge in [-0.3, -0.25) is 4.79 Å². The van der Waals surface area contributed by atoms with Crippen molar-refractivity contribution in [2.75, 3.05) is 5.73 Å². The van der Waals surface area contributed by atoms with Crippen LogP contribution in [-0.2, 0) is 0 Å². The average Bonchev–Trinajstić information content (AvgIpc) is 2.98. The molecule has 0 aliphatic heterocycles. The number of nitrogen functional groups attached to an aromatic ring is 1. The smallest absolute Gasteiger partial charge is 0.251 e. The van der Waals surface area contributed by atoms with Crippen LogP contribution in [0.2, 0.25) is 0 Å². The lowest BCUT2D eigenvalue weighted by atomic mass is 10.2. The number of carbonyl (C=O) groups is 1. The van der Waals surface area contributed by atoms with E-state index in [0.717, 1.165) is 6.42 Å². The van der Waals surface area contributed by atoms with E-state index in [9.17, 15) is 4.79 Å². The van der Waals surface area contributed by atoms with E-state index in [1.807, 2.05) is 0 Å². The topological polar surface area (TPSA) is 55.1 Å². The van der Waals surface area contributed by atoms with Gasteiger partial charge in [-0.15, -0.1) is 12.4 Å². The van der Waals surface area contributed by atoms with Gasteiger partial charge in [0.15, 0.2) is 0 Å². The van der Waals surface area contributed by atoms with Crippen LogP contribution in [0.15, 0.2) is 24.3 Å². The monoisotopic (exact) mass is 254 g/mol. The summed E-state index contributed by atoms with van der Waals surface area (Å²) in [5, 5.41) is 3.04. The van der Waals surface area contributed by atoms with Crippen LogP contribution in [0.3, 0.4) is 0 Å². The number of hydrogen-bond acceptors (Lipinski definition) is 2. The third kappa shape index (κ3) is 3.63. The SMILES string of the molecule is CCCC1CC1NC(=O)c1ccc(N)cc1.Cl. The van der Waals surface area contributed by atoms with E-state index in [1.165, 1.54) is 12.8 Å². The Morgan fingerprint density at radius 2 is 2.06 bits per heavy atom. The highest BCUT2D eigenvalue weighted by Gasteiger charge is 2.37. The fourth-order valence-electron chi connectivity index (χ4n) is 2.00. The van der Waals surface area contributed by atoms with E-state index in [0.29, 0.717) is 23.2 Å². The summed E-state index contributed by atoms with van der Waals surface area (Å²) in [6.07, 6.45) is 3.54. The van der Waals surface area contributed by atoms with Gasteiger partial charge in [-0.25, -0.2) is 0 Å². The Labute approximate surface area is 108 Å². The van der Waals surface area contributed by atoms with Crippen LogP contribution in [-0.4, -0.2) is 11.9 Å². The van der Waals surface area contributed by atoms with Crippen LogP contribution in [0.4, 0.5) is 5.69 Å². The highest BCUT2D eigenvalue weighted by Crippen LogP contribution is 2.34. The summed E-state index contributed by atoms with van der Waals surface area (Å²) in [7, 11) is 0. The van der Waals surface area contributed by atoms with Crippen molar-refractivity contribution < 1.29 is 4.79 Å². The molecule has 1 aromatic carbocycles. The first-order valence-corrected chi connectivity index (χ1v) is 5.87. The third-order valence-corrected chi connectivity index (χ3v) is 3.07. The van der Waals surface area contributed by atoms with E-state index in [2.05, 4.69) is 12.2 Å². The Kier molecular flexibility index (Phi) is 4.82. The maximum absolute atomic E-state index is 11.8. The Morgan fingerprint density at radius 1 is 1.41 bits per heavy atom. The second-order valence-corrected chi connectivity index (χ2v) is 4.49. The molecule has 2 unspecified atom stereocenters. The van der Waals surface area contributed by atoms with Gasteiger partial charge in [0.05, 0.1) is 0 Å². The number of benzene rings is 1. The molecule has 1 aliphatic carbocycles. The maximum Gasteiger partial charge on any atom is 0.251 e. The van der Waals surface area contributed by atoms with E-state index in [4.69, 9.17) is 5.73 Å². The molecule has 0 saturated heterocycles. The summed E-state index contributed by atoms with van der Waals surface area (Å²) < 4.78 is 0. The van der Waals surface area contributed by atoms with Crippen molar-refractivity contribution in [3.05, 3.63) is 29.8 Å². The van der Waals surface area contributed by atoms with Crippen molar-refractivity contribution in [1.82, 2.24) is 5.32 Å². The van der Waals surface area contributed by atoms with Crippen molar-refractivity contribution in [1.29, 1.82) is 0 Å². The van der Waals surface area contributed by atoms with E-state index in [-0.39, 0.29) is 18.3 Å². The highest BCUT2D eigenvalue weighted by atomic mass is 35.5. The number of nitrogens with one attached hydrogen (secondary N) is 1. The molecule has 3 nitrogen and oxygen atoms in total. The Morgan fingerprint density at radius 3 is 2.65 bits per heavy atom. The highest BCUT2D eigenvalue weighted by molar-refractivity contribution is 5.94. The summed E-state index contributed by atoms with van der Waals surface area (Å²) in [6.45, 7) is 2.18. The zero-order chi connectivity index (χ0) is 11.5. The second-order valence-electron chi connectivity index (χ2n) is 4.49. The molecule has 1 aliphatic rings. The van der Waals surface area contributed by atoms with Gasteiger partial charge in [0, 0.05) is 17.3 Å². The van der Waals surface area contributed by atoms with Crippen LogP contribution in [0.1, 0.15) is 36.5 Å². The van der Waals surface area contributed by atoms with E-state index >= 15 is 0 Å². The number of carbonyl (C=O) groups excluding carboxylic acids is 1. The van der Waals surface area contributed by atoms with Crippen LogP contribution < -0.4 is 11.1 Å². The van der Waals surface area contributed by atoms with E-state index in [1.54, 1.807) is 24.3 Å². The van der Waals surface area contributed by atoms with Crippen LogP contribution in [0, 0.1) is 5.92 Å². The average molecular weight is 255 g/mol. The van der Waals surface area contributed by atoms with Crippen molar-refractivity contribution >= 4 is 24.0 Å². The fraction of sp³-hybridized carbons (Fsp3) is 0.462. The summed E-state index contributed by atoms with van der Waals surface area (Å²) in [5.74, 6) is 0.714. The minimum Gasteiger partial charge on any atom is -0.399 e. The van der Waals surface area contributed by atoms with E-state index < -0.39 is 0 Å². The molecule has 1 saturated carbocycles. The largest absolute Gasteiger partial charge is 0.399 e. The minimum absolute atomic E-state index is 0. The molecule has 4 heteroatoms. The van der Waals surface area contributed by atoms with Gasteiger partial charge in [0.25, 0.3) is 5.91 Å². The quantitative estimate of drug-likeness (QED) is 0.812. The maximum atomic E-state index is 11.8. The van der Waals surface area contributed by atoms with Crippen LogP contribution in [0.5, 0.6) is 0 Å². The molecular weight excluding hydrogens is 236 g/mol. The molecule has 2 rings (SSSR count). The first-order chi connectivity index (χ1) is 7.70. The van der Waals surface area contributed by atoms with Crippen molar-refractivity contribution in [3.63, 3.8) is 0 Å². The van der Waals surface area contributed by atoms with Gasteiger partial charge < -0.3 is 11.1 Å². The summed E-state index contributed by atoms with van der Waals surface area (Å²) in [6, 6.07) is 7.44. The normalized spacial score (nSPS) is 21.5. The fourth-order valence-corrected chi connectivity index (χ4v) is 2.00. The molecule has 1 fully saturated rings. The Bertz CT molecular complexity index is 378. The molecule has 2 atom stereocenters. The van der Waals surface area contributed by atoms with Crippen molar-refractivity contribution in [2.24, 2.45) is 5.92 Å². The molecule has 1 amide bonds.